The lowest BCUT2D eigenvalue weighted by atomic mass is 10.1. The first kappa shape index (κ1) is 24.2. The molecule has 0 fully saturated rings. The number of aromatic nitrogens is 1. The van der Waals surface area contributed by atoms with Crippen molar-refractivity contribution in [1.82, 2.24) is 4.40 Å². The number of ketones is 1. The maximum atomic E-state index is 12.2. The van der Waals surface area contributed by atoms with Crippen LogP contribution in [0, 0.1) is 5.92 Å². The Morgan fingerprint density at radius 3 is 2.48 bits per heavy atom. The van der Waals surface area contributed by atoms with Gasteiger partial charge < -0.3 is 9.12 Å². The summed E-state index contributed by atoms with van der Waals surface area (Å²) in [6.07, 6.45) is 7.38. The fourth-order valence-corrected chi connectivity index (χ4v) is 3.66. The van der Waals surface area contributed by atoms with Crippen LogP contribution in [0.3, 0.4) is 0 Å². The molecule has 0 spiro atoms. The Kier molecular flexibility index (Phi) is 9.35. The molecule has 0 unspecified atom stereocenters. The normalized spacial score (nSPS) is 11.5. The van der Waals surface area contributed by atoms with Crippen LogP contribution in [0.15, 0.2) is 83.3 Å². The monoisotopic (exact) mass is 433 g/mol. The second-order valence-corrected chi connectivity index (χ2v) is 7.88. The minimum atomic E-state index is 0.0191. The molecule has 0 radical (unpaired) electrons. The van der Waals surface area contributed by atoms with Gasteiger partial charge in [-0.2, -0.15) is 0 Å². The highest BCUT2D eigenvalue weighted by molar-refractivity contribution is 8.00. The lowest BCUT2D eigenvalue weighted by Gasteiger charge is -2.08. The first-order valence-electron chi connectivity index (χ1n) is 10.5. The molecule has 2 aromatic heterocycles. The number of Topliss-reactive ketones (excluding diaryl/α,β-unsaturated/α-hetero) is 1. The molecule has 3 aromatic rings. The second-order valence-electron chi connectivity index (χ2n) is 7.00. The van der Waals surface area contributed by atoms with E-state index in [9.17, 15) is 4.79 Å². The molecular weight excluding hydrogens is 402 g/mol. The topological polar surface area (TPSA) is 45.9 Å². The lowest BCUT2D eigenvalue weighted by molar-refractivity contribution is 0.101. The molecule has 0 atom stereocenters. The predicted octanol–water partition coefficient (Wildman–Crippen LogP) is 7.54. The molecule has 0 saturated carbocycles. The van der Waals surface area contributed by atoms with Gasteiger partial charge in [-0.1, -0.05) is 64.6 Å². The van der Waals surface area contributed by atoms with Crippen LogP contribution < -0.4 is 4.72 Å². The zero-order chi connectivity index (χ0) is 22.8. The summed E-state index contributed by atoms with van der Waals surface area (Å²) in [5.74, 6) is 0.339. The van der Waals surface area contributed by atoms with E-state index in [4.69, 9.17) is 0 Å². The molecule has 0 amide bonds. The van der Waals surface area contributed by atoms with E-state index in [1.807, 2.05) is 66.9 Å². The Balaban J connectivity index is 0.00000166. The fourth-order valence-electron chi connectivity index (χ4n) is 2.99. The maximum absolute atomic E-state index is 12.2. The van der Waals surface area contributed by atoms with Crippen molar-refractivity contribution >= 4 is 40.8 Å². The summed E-state index contributed by atoms with van der Waals surface area (Å²) in [7, 11) is 0. The minimum Gasteiger partial charge on any atom is -0.326 e. The van der Waals surface area contributed by atoms with Crippen LogP contribution in [0.1, 0.15) is 50.7 Å². The van der Waals surface area contributed by atoms with Gasteiger partial charge in [-0.3, -0.25) is 9.79 Å². The molecule has 4 nitrogen and oxygen atoms in total. The average Bonchev–Trinajstić information content (AvgIpc) is 3.16. The summed E-state index contributed by atoms with van der Waals surface area (Å²) in [5.41, 5.74) is 4.40. The van der Waals surface area contributed by atoms with Gasteiger partial charge >= 0.3 is 0 Å². The van der Waals surface area contributed by atoms with Gasteiger partial charge in [0.15, 0.2) is 5.78 Å². The van der Waals surface area contributed by atoms with Gasteiger partial charge in [0.05, 0.1) is 16.9 Å². The van der Waals surface area contributed by atoms with Gasteiger partial charge in [0.2, 0.25) is 0 Å². The molecule has 162 valence electrons. The molecule has 2 heterocycles. The number of carbonyl (C=O) groups excluding carboxylic acids is 1. The Bertz CT molecular complexity index is 1080. The lowest BCUT2D eigenvalue weighted by Crippen LogP contribution is -1.98. The van der Waals surface area contributed by atoms with E-state index in [2.05, 4.69) is 42.3 Å². The Morgan fingerprint density at radius 2 is 1.87 bits per heavy atom. The number of benzene rings is 1. The number of carbonyl (C=O) groups is 1. The van der Waals surface area contributed by atoms with Crippen molar-refractivity contribution in [3.05, 3.63) is 84.7 Å². The number of para-hydroxylation sites is 1. The van der Waals surface area contributed by atoms with Crippen molar-refractivity contribution in [2.45, 2.75) is 39.5 Å². The van der Waals surface area contributed by atoms with E-state index in [0.717, 1.165) is 27.4 Å². The van der Waals surface area contributed by atoms with E-state index < -0.39 is 0 Å². The van der Waals surface area contributed by atoms with E-state index in [1.54, 1.807) is 19.2 Å². The van der Waals surface area contributed by atoms with Crippen LogP contribution in [0.25, 0.3) is 11.2 Å². The number of hydrogen-bond donors (Lipinski definition) is 1. The maximum Gasteiger partial charge on any atom is 0.176 e. The number of anilines is 1. The van der Waals surface area contributed by atoms with Crippen molar-refractivity contribution in [3.63, 3.8) is 0 Å². The highest BCUT2D eigenvalue weighted by Gasteiger charge is 2.16. The summed E-state index contributed by atoms with van der Waals surface area (Å²) in [5, 5.41) is 0. The fraction of sp³-hybridized carbons (Fsp3) is 0.231. The molecule has 0 bridgehead atoms. The highest BCUT2D eigenvalue weighted by Crippen LogP contribution is 2.30. The number of nitrogens with one attached hydrogen (secondary N) is 1. The van der Waals surface area contributed by atoms with Gasteiger partial charge in [0, 0.05) is 35.5 Å². The molecule has 1 N–H and O–H groups in total. The summed E-state index contributed by atoms with van der Waals surface area (Å²) < 4.78 is 5.29. The van der Waals surface area contributed by atoms with Crippen molar-refractivity contribution < 1.29 is 4.79 Å². The SMILES string of the molecule is C=CC=N/C(=C\C(C)C)c1cc(C(C)=O)n2ccc(SNc3ccccc3)cc12.CC. The zero-order valence-electron chi connectivity index (χ0n) is 18.9. The van der Waals surface area contributed by atoms with E-state index in [1.165, 1.54) is 11.9 Å². The summed E-state index contributed by atoms with van der Waals surface area (Å²) >= 11 is 1.54. The van der Waals surface area contributed by atoms with Crippen molar-refractivity contribution in [2.24, 2.45) is 10.9 Å². The van der Waals surface area contributed by atoms with Crippen molar-refractivity contribution in [3.8, 4) is 0 Å². The molecular formula is C26H31N3OS. The van der Waals surface area contributed by atoms with Crippen LogP contribution >= 0.6 is 11.9 Å². The second kappa shape index (κ2) is 12.0. The first-order valence-corrected chi connectivity index (χ1v) is 11.3. The van der Waals surface area contributed by atoms with Gasteiger partial charge in [-0.15, -0.1) is 0 Å². The molecule has 1 aromatic carbocycles. The third-order valence-corrected chi connectivity index (χ3v) is 5.08. The van der Waals surface area contributed by atoms with Crippen LogP contribution in [-0.4, -0.2) is 16.4 Å². The minimum absolute atomic E-state index is 0.0191. The first-order chi connectivity index (χ1) is 15.0. The van der Waals surface area contributed by atoms with Gasteiger partial charge in [0.25, 0.3) is 0 Å². The van der Waals surface area contributed by atoms with Crippen molar-refractivity contribution in [2.75, 3.05) is 4.72 Å². The third kappa shape index (κ3) is 6.46. The van der Waals surface area contributed by atoms with Gasteiger partial charge in [0.1, 0.15) is 0 Å². The number of nitrogens with zero attached hydrogens (tertiary/aromatic N) is 2. The van der Waals surface area contributed by atoms with E-state index >= 15 is 0 Å². The third-order valence-electron chi connectivity index (χ3n) is 4.25. The Labute approximate surface area is 189 Å². The quantitative estimate of drug-likeness (QED) is 0.227. The molecule has 0 aliphatic rings. The van der Waals surface area contributed by atoms with Gasteiger partial charge in [-0.25, -0.2) is 0 Å². The number of pyridine rings is 1. The van der Waals surface area contributed by atoms with Crippen LogP contribution in [0.2, 0.25) is 0 Å². The van der Waals surface area contributed by atoms with E-state index in [-0.39, 0.29) is 5.78 Å². The number of hydrogen-bond acceptors (Lipinski definition) is 4. The number of fused-ring (bicyclic) bond motifs is 1. The number of rotatable bonds is 8. The number of allylic oxidation sites excluding steroid dienone is 2. The van der Waals surface area contributed by atoms with Crippen LogP contribution in [-0.2, 0) is 0 Å². The summed E-state index contributed by atoms with van der Waals surface area (Å²) in [4.78, 5) is 17.8. The number of aliphatic imine (C=N–C) groups is 1. The molecule has 0 aliphatic heterocycles. The summed E-state index contributed by atoms with van der Waals surface area (Å²) in [6.45, 7) is 13.5. The van der Waals surface area contributed by atoms with Crippen molar-refractivity contribution in [1.29, 1.82) is 0 Å². The molecule has 3 rings (SSSR count). The molecule has 5 heteroatoms. The molecule has 31 heavy (non-hydrogen) atoms. The molecule has 0 saturated heterocycles. The molecule has 0 aliphatic carbocycles. The van der Waals surface area contributed by atoms with Gasteiger partial charge in [-0.05, 0) is 48.2 Å². The highest BCUT2D eigenvalue weighted by atomic mass is 32.2. The zero-order valence-corrected chi connectivity index (χ0v) is 19.7. The predicted molar refractivity (Wildman–Crippen MR) is 136 cm³/mol. The summed E-state index contributed by atoms with van der Waals surface area (Å²) in [6, 6.07) is 16.0. The van der Waals surface area contributed by atoms with Crippen LogP contribution in [0.4, 0.5) is 5.69 Å². The average molecular weight is 434 g/mol. The van der Waals surface area contributed by atoms with Crippen LogP contribution in [0.5, 0.6) is 0 Å². The largest absolute Gasteiger partial charge is 0.326 e. The Morgan fingerprint density at radius 1 is 1.16 bits per heavy atom. The smallest absolute Gasteiger partial charge is 0.176 e. The van der Waals surface area contributed by atoms with E-state index in [0.29, 0.717) is 11.6 Å². The standard InChI is InChI=1S/C24H25N3OS.C2H6/c1-5-12-25-22(14-17(2)3)21-16-23(18(4)28)27-13-11-20(15-24(21)27)29-26-19-9-7-6-8-10-19;1-2/h5-17,26H,1H2,2-4H3;1-2H3/b22-14-,25-12?;. The Hall–Kier alpha value is -3.05.